The van der Waals surface area contributed by atoms with Crippen molar-refractivity contribution >= 4 is 8.07 Å². The van der Waals surface area contributed by atoms with Crippen molar-refractivity contribution in [2.45, 2.75) is 19.6 Å². The third kappa shape index (κ3) is 3.62. The van der Waals surface area contributed by atoms with E-state index >= 15 is 0 Å². The summed E-state index contributed by atoms with van der Waals surface area (Å²) in [4.78, 5) is 0. The highest BCUT2D eigenvalue weighted by Gasteiger charge is 2.20. The highest BCUT2D eigenvalue weighted by atomic mass is 28.3. The summed E-state index contributed by atoms with van der Waals surface area (Å²) >= 11 is 0. The van der Waals surface area contributed by atoms with Gasteiger partial charge in [-0.15, -0.1) is 0 Å². The molecule has 0 aromatic carbocycles. The Balaban J connectivity index is 4.55. The molecule has 0 heterocycles. The first-order chi connectivity index (χ1) is 5.41. The summed E-state index contributed by atoms with van der Waals surface area (Å²) in [5.41, 5.74) is 0. The van der Waals surface area contributed by atoms with Crippen molar-refractivity contribution < 1.29 is 9.47 Å². The van der Waals surface area contributed by atoms with Gasteiger partial charge < -0.3 is 9.47 Å². The molecule has 12 heavy (non-hydrogen) atoms. The zero-order valence-electron chi connectivity index (χ0n) is 8.60. The van der Waals surface area contributed by atoms with E-state index in [1.54, 1.807) is 14.2 Å². The molecule has 0 saturated heterocycles. The number of hydrogen-bond donors (Lipinski definition) is 0. The normalized spacial score (nSPS) is 12.6. The molecule has 0 spiro atoms. The maximum atomic E-state index is 5.27. The van der Waals surface area contributed by atoms with Crippen molar-refractivity contribution in [2.75, 3.05) is 14.2 Å². The van der Waals surface area contributed by atoms with Crippen molar-refractivity contribution in [3.8, 4) is 0 Å². The van der Waals surface area contributed by atoms with Gasteiger partial charge in [-0.3, -0.25) is 0 Å². The Morgan fingerprint density at radius 3 is 1.92 bits per heavy atom. The van der Waals surface area contributed by atoms with Gasteiger partial charge in [-0.1, -0.05) is 26.2 Å². The molecule has 0 rings (SSSR count). The van der Waals surface area contributed by atoms with E-state index in [-0.39, 0.29) is 0 Å². The monoisotopic (exact) mass is 186 g/mol. The molecule has 0 N–H and O–H groups in total. The van der Waals surface area contributed by atoms with Crippen molar-refractivity contribution in [2.24, 2.45) is 0 Å². The van der Waals surface area contributed by atoms with Crippen molar-refractivity contribution in [1.82, 2.24) is 0 Å². The largest absolute Gasteiger partial charge is 0.506 e. The van der Waals surface area contributed by atoms with E-state index in [9.17, 15) is 0 Å². The molecule has 0 aromatic heterocycles. The van der Waals surface area contributed by atoms with E-state index in [0.717, 1.165) is 5.38 Å². The lowest BCUT2D eigenvalue weighted by atomic mass is 10.5. The summed E-state index contributed by atoms with van der Waals surface area (Å²) in [5, 5.41) is 1.01. The molecule has 0 aromatic rings. The summed E-state index contributed by atoms with van der Waals surface area (Å²) in [6.07, 6.45) is 1.87. The van der Waals surface area contributed by atoms with Crippen LogP contribution in [0.2, 0.25) is 19.6 Å². The van der Waals surface area contributed by atoms with Crippen LogP contribution in [0.15, 0.2) is 23.8 Å². The van der Waals surface area contributed by atoms with Crippen LogP contribution in [0.5, 0.6) is 0 Å². The van der Waals surface area contributed by atoms with Crippen LogP contribution in [-0.4, -0.2) is 22.3 Å². The Morgan fingerprint density at radius 1 is 1.17 bits per heavy atom. The van der Waals surface area contributed by atoms with Gasteiger partial charge in [0.15, 0.2) is 0 Å². The van der Waals surface area contributed by atoms with Gasteiger partial charge in [-0.25, -0.2) is 0 Å². The van der Waals surface area contributed by atoms with Gasteiger partial charge in [0.1, 0.15) is 13.8 Å². The molecule has 0 radical (unpaired) electrons. The Hall–Kier alpha value is -0.703. The average molecular weight is 186 g/mol. The quantitative estimate of drug-likeness (QED) is 0.381. The average Bonchev–Trinajstić information content (AvgIpc) is 1.97. The third-order valence-corrected chi connectivity index (χ3v) is 3.34. The van der Waals surface area contributed by atoms with Gasteiger partial charge in [-0.05, 0) is 0 Å². The van der Waals surface area contributed by atoms with Gasteiger partial charge in [0.2, 0.25) is 0 Å². The minimum Gasteiger partial charge on any atom is -0.506 e. The van der Waals surface area contributed by atoms with Crippen LogP contribution in [0.1, 0.15) is 0 Å². The second-order valence-corrected chi connectivity index (χ2v) is 8.63. The van der Waals surface area contributed by atoms with Crippen LogP contribution in [0.3, 0.4) is 0 Å². The zero-order chi connectivity index (χ0) is 9.78. The number of hydrogen-bond acceptors (Lipinski definition) is 2. The highest BCUT2D eigenvalue weighted by molar-refractivity contribution is 6.82. The molecule has 70 valence electrons. The topological polar surface area (TPSA) is 18.5 Å². The predicted molar refractivity (Wildman–Crippen MR) is 54.6 cm³/mol. The van der Waals surface area contributed by atoms with Gasteiger partial charge in [0, 0.05) is 6.08 Å². The van der Waals surface area contributed by atoms with Crippen molar-refractivity contribution in [3.05, 3.63) is 23.8 Å². The Labute approximate surface area is 75.9 Å². The van der Waals surface area contributed by atoms with Gasteiger partial charge in [0.05, 0.1) is 19.6 Å². The van der Waals surface area contributed by atoms with E-state index in [2.05, 4.69) is 26.2 Å². The Kier molecular flexibility index (Phi) is 4.10. The van der Waals surface area contributed by atoms with Crippen LogP contribution >= 0.6 is 0 Å². The number of rotatable bonds is 4. The first-order valence-electron chi connectivity index (χ1n) is 3.91. The molecule has 0 atom stereocenters. The third-order valence-electron chi connectivity index (χ3n) is 1.51. The van der Waals surface area contributed by atoms with Gasteiger partial charge in [-0.2, -0.15) is 0 Å². The molecule has 0 aliphatic rings. The number of methoxy groups -OCH3 is 2. The van der Waals surface area contributed by atoms with Crippen LogP contribution in [0.25, 0.3) is 0 Å². The maximum Gasteiger partial charge on any atom is 0.122 e. The minimum atomic E-state index is -1.37. The number of allylic oxidation sites excluding steroid dienone is 1. The Bertz CT molecular complexity index is 189. The molecule has 0 aliphatic heterocycles. The standard InChI is InChI=1S/C9H18O2Si/c1-8(10-2)7-9(11-3)12(4,5)6/h7H,1H2,2-6H3. The molecular weight excluding hydrogens is 168 g/mol. The lowest BCUT2D eigenvalue weighted by Gasteiger charge is -2.19. The zero-order valence-corrected chi connectivity index (χ0v) is 9.60. The lowest BCUT2D eigenvalue weighted by molar-refractivity contribution is 0.291. The minimum absolute atomic E-state index is 0.647. The maximum absolute atomic E-state index is 5.27. The van der Waals surface area contributed by atoms with Crippen LogP contribution in [0, 0.1) is 0 Å². The number of ether oxygens (including phenoxy) is 2. The van der Waals surface area contributed by atoms with Crippen molar-refractivity contribution in [3.63, 3.8) is 0 Å². The molecule has 0 saturated carbocycles. The second kappa shape index (κ2) is 4.35. The van der Waals surface area contributed by atoms with E-state index < -0.39 is 8.07 Å². The predicted octanol–water partition coefficient (Wildman–Crippen LogP) is 2.55. The fourth-order valence-electron chi connectivity index (χ4n) is 0.787. The van der Waals surface area contributed by atoms with Gasteiger partial charge in [0.25, 0.3) is 0 Å². The van der Waals surface area contributed by atoms with Crippen LogP contribution < -0.4 is 0 Å². The smallest absolute Gasteiger partial charge is 0.122 e. The summed E-state index contributed by atoms with van der Waals surface area (Å²) in [5.74, 6) is 0.647. The molecule has 0 unspecified atom stereocenters. The Morgan fingerprint density at radius 2 is 1.67 bits per heavy atom. The first-order valence-corrected chi connectivity index (χ1v) is 7.41. The SMILES string of the molecule is C=C(C=C(OC)[Si](C)(C)C)OC. The molecule has 0 aliphatic carbocycles. The molecule has 0 fully saturated rings. The van der Waals surface area contributed by atoms with E-state index in [0.29, 0.717) is 5.76 Å². The molecule has 3 heteroatoms. The molecular formula is C9H18O2Si. The summed E-state index contributed by atoms with van der Waals surface area (Å²) < 4.78 is 10.2. The summed E-state index contributed by atoms with van der Waals surface area (Å²) in [6.45, 7) is 10.4. The van der Waals surface area contributed by atoms with E-state index in [4.69, 9.17) is 9.47 Å². The lowest BCUT2D eigenvalue weighted by Crippen LogP contribution is -2.25. The molecule has 2 nitrogen and oxygen atoms in total. The first kappa shape index (κ1) is 11.3. The summed E-state index contributed by atoms with van der Waals surface area (Å²) in [6, 6.07) is 0. The summed E-state index contributed by atoms with van der Waals surface area (Å²) in [7, 11) is 1.93. The van der Waals surface area contributed by atoms with Gasteiger partial charge >= 0.3 is 0 Å². The van der Waals surface area contributed by atoms with E-state index in [1.807, 2.05) is 6.08 Å². The van der Waals surface area contributed by atoms with Crippen molar-refractivity contribution in [1.29, 1.82) is 0 Å². The van der Waals surface area contributed by atoms with Crippen LogP contribution in [-0.2, 0) is 9.47 Å². The molecule has 0 amide bonds. The molecule has 0 bridgehead atoms. The fraction of sp³-hybridized carbons (Fsp3) is 0.556. The fourth-order valence-corrected chi connectivity index (χ4v) is 1.99. The van der Waals surface area contributed by atoms with Crippen LogP contribution in [0.4, 0.5) is 0 Å². The highest BCUT2D eigenvalue weighted by Crippen LogP contribution is 2.16. The second-order valence-electron chi connectivity index (χ2n) is 3.63. The van der Waals surface area contributed by atoms with E-state index in [1.165, 1.54) is 0 Å².